The van der Waals surface area contributed by atoms with E-state index in [1.54, 1.807) is 29.2 Å². The van der Waals surface area contributed by atoms with Crippen LogP contribution in [-0.2, 0) is 4.79 Å². The number of carboxylic acid groups (broad SMARTS) is 1. The van der Waals surface area contributed by atoms with Crippen molar-refractivity contribution in [3.8, 4) is 0 Å². The molecule has 1 aromatic rings. The fraction of sp³-hybridized carbons (Fsp3) is 0.550. The third kappa shape index (κ3) is 4.42. The number of nitrogens with one attached hydrogen (secondary N) is 1. The Bertz CT molecular complexity index is 644. The van der Waals surface area contributed by atoms with Gasteiger partial charge in [0, 0.05) is 30.8 Å². The molecule has 26 heavy (non-hydrogen) atoms. The maximum Gasteiger partial charge on any atom is 0.311 e. The number of carboxylic acids is 1. The maximum atomic E-state index is 12.4. The summed E-state index contributed by atoms with van der Waals surface area (Å²) in [5.74, 6) is -1.20. The normalized spacial score (nSPS) is 15.9. The standard InChI is InChI=1S/C20H28N2O4/c1-3-22(4-2)18(24)16-10-8-15(9-11-16)17(23)21-14-20(19(25)26)12-6-5-7-13-20/h8-11H,3-7,12-14H2,1-2H3,(H,21,23)(H,25,26). The molecule has 2 rings (SSSR count). The molecule has 0 heterocycles. The summed E-state index contributed by atoms with van der Waals surface area (Å²) in [5.41, 5.74) is 0.115. The zero-order valence-corrected chi connectivity index (χ0v) is 15.6. The van der Waals surface area contributed by atoms with Gasteiger partial charge >= 0.3 is 5.97 Å². The van der Waals surface area contributed by atoms with E-state index in [0.29, 0.717) is 37.1 Å². The quantitative estimate of drug-likeness (QED) is 0.783. The first-order valence-electron chi connectivity index (χ1n) is 9.34. The molecular weight excluding hydrogens is 332 g/mol. The van der Waals surface area contributed by atoms with E-state index in [0.717, 1.165) is 19.3 Å². The Labute approximate surface area is 154 Å². The van der Waals surface area contributed by atoms with Gasteiger partial charge in [0.25, 0.3) is 11.8 Å². The lowest BCUT2D eigenvalue weighted by Gasteiger charge is -2.33. The van der Waals surface area contributed by atoms with Crippen LogP contribution < -0.4 is 5.32 Å². The van der Waals surface area contributed by atoms with Crippen LogP contribution in [0, 0.1) is 5.41 Å². The van der Waals surface area contributed by atoms with Gasteiger partial charge in [-0.3, -0.25) is 14.4 Å². The van der Waals surface area contributed by atoms with Crippen LogP contribution in [0.25, 0.3) is 0 Å². The third-order valence-corrected chi connectivity index (χ3v) is 5.30. The fourth-order valence-electron chi connectivity index (χ4n) is 3.50. The molecule has 0 atom stereocenters. The smallest absolute Gasteiger partial charge is 0.311 e. The zero-order chi connectivity index (χ0) is 19.2. The first kappa shape index (κ1) is 19.9. The van der Waals surface area contributed by atoms with Gasteiger partial charge in [-0.25, -0.2) is 0 Å². The molecule has 6 heteroatoms. The van der Waals surface area contributed by atoms with Crippen LogP contribution >= 0.6 is 0 Å². The lowest BCUT2D eigenvalue weighted by Crippen LogP contribution is -2.44. The summed E-state index contributed by atoms with van der Waals surface area (Å²) < 4.78 is 0. The summed E-state index contributed by atoms with van der Waals surface area (Å²) in [6.45, 7) is 5.25. The zero-order valence-electron chi connectivity index (χ0n) is 15.6. The van der Waals surface area contributed by atoms with Crippen LogP contribution in [0.3, 0.4) is 0 Å². The Morgan fingerprint density at radius 2 is 1.54 bits per heavy atom. The van der Waals surface area contributed by atoms with Crippen molar-refractivity contribution in [2.75, 3.05) is 19.6 Å². The van der Waals surface area contributed by atoms with Crippen LogP contribution in [0.1, 0.15) is 66.7 Å². The molecule has 1 aliphatic rings. The Morgan fingerprint density at radius 1 is 1.00 bits per heavy atom. The molecule has 0 unspecified atom stereocenters. The highest BCUT2D eigenvalue weighted by atomic mass is 16.4. The SMILES string of the molecule is CCN(CC)C(=O)c1ccc(C(=O)NCC2(C(=O)O)CCCCC2)cc1. The second kappa shape index (κ2) is 8.83. The third-order valence-electron chi connectivity index (χ3n) is 5.30. The molecule has 1 fully saturated rings. The monoisotopic (exact) mass is 360 g/mol. The van der Waals surface area contributed by atoms with Crippen molar-refractivity contribution in [1.29, 1.82) is 0 Å². The van der Waals surface area contributed by atoms with E-state index < -0.39 is 11.4 Å². The molecule has 0 spiro atoms. The predicted molar refractivity (Wildman–Crippen MR) is 99.2 cm³/mol. The number of hydrogen-bond donors (Lipinski definition) is 2. The van der Waals surface area contributed by atoms with Crippen molar-refractivity contribution >= 4 is 17.8 Å². The molecule has 6 nitrogen and oxygen atoms in total. The van der Waals surface area contributed by atoms with E-state index in [-0.39, 0.29) is 18.4 Å². The van der Waals surface area contributed by atoms with Gasteiger partial charge in [-0.15, -0.1) is 0 Å². The molecule has 2 amide bonds. The lowest BCUT2D eigenvalue weighted by atomic mass is 9.74. The second-order valence-electron chi connectivity index (χ2n) is 6.88. The van der Waals surface area contributed by atoms with Gasteiger partial charge in [0.05, 0.1) is 5.41 Å². The second-order valence-corrected chi connectivity index (χ2v) is 6.88. The van der Waals surface area contributed by atoms with Crippen LogP contribution in [0.4, 0.5) is 0 Å². The van der Waals surface area contributed by atoms with Crippen molar-refractivity contribution in [2.24, 2.45) is 5.41 Å². The van der Waals surface area contributed by atoms with Crippen LogP contribution in [0.5, 0.6) is 0 Å². The van der Waals surface area contributed by atoms with Gasteiger partial charge < -0.3 is 15.3 Å². The number of hydrogen-bond acceptors (Lipinski definition) is 3. The molecule has 0 saturated heterocycles. The summed E-state index contributed by atoms with van der Waals surface area (Å²) in [7, 11) is 0. The first-order valence-corrected chi connectivity index (χ1v) is 9.34. The van der Waals surface area contributed by atoms with E-state index in [1.165, 1.54) is 0 Å². The molecule has 0 bridgehead atoms. The fourth-order valence-corrected chi connectivity index (χ4v) is 3.50. The number of rotatable bonds is 7. The predicted octanol–water partition coefficient (Wildman–Crippen LogP) is 2.93. The molecule has 0 aromatic heterocycles. The Kier molecular flexibility index (Phi) is 6.77. The molecule has 1 aromatic carbocycles. The topological polar surface area (TPSA) is 86.7 Å². The van der Waals surface area contributed by atoms with Crippen LogP contribution in [0.2, 0.25) is 0 Å². The highest BCUT2D eigenvalue weighted by Crippen LogP contribution is 2.36. The Balaban J connectivity index is 2.01. The number of carbonyl (C=O) groups is 3. The molecule has 0 aliphatic heterocycles. The van der Waals surface area contributed by atoms with Crippen LogP contribution in [0.15, 0.2) is 24.3 Å². The lowest BCUT2D eigenvalue weighted by molar-refractivity contribution is -0.150. The van der Waals surface area contributed by atoms with Crippen molar-refractivity contribution in [3.63, 3.8) is 0 Å². The van der Waals surface area contributed by atoms with Gasteiger partial charge in [-0.05, 0) is 51.0 Å². The maximum absolute atomic E-state index is 12.4. The van der Waals surface area contributed by atoms with E-state index in [9.17, 15) is 19.5 Å². The number of nitrogens with zero attached hydrogens (tertiary/aromatic N) is 1. The first-order chi connectivity index (χ1) is 12.4. The number of aliphatic carboxylic acids is 1. The summed E-state index contributed by atoms with van der Waals surface area (Å²) in [4.78, 5) is 38.1. The number of amides is 2. The van der Waals surface area contributed by atoms with E-state index in [2.05, 4.69) is 5.32 Å². The van der Waals surface area contributed by atoms with E-state index in [4.69, 9.17) is 0 Å². The van der Waals surface area contributed by atoms with Crippen LogP contribution in [-0.4, -0.2) is 47.4 Å². The van der Waals surface area contributed by atoms with Crippen molar-refractivity contribution in [1.82, 2.24) is 10.2 Å². The summed E-state index contributed by atoms with van der Waals surface area (Å²) in [6.07, 6.45) is 4.00. The largest absolute Gasteiger partial charge is 0.481 e. The number of carbonyl (C=O) groups excluding carboxylic acids is 2. The van der Waals surface area contributed by atoms with E-state index in [1.807, 2.05) is 13.8 Å². The van der Waals surface area contributed by atoms with Crippen molar-refractivity contribution < 1.29 is 19.5 Å². The minimum atomic E-state index is -0.855. The average molecular weight is 360 g/mol. The van der Waals surface area contributed by atoms with Crippen molar-refractivity contribution in [3.05, 3.63) is 35.4 Å². The van der Waals surface area contributed by atoms with Gasteiger partial charge in [-0.1, -0.05) is 19.3 Å². The summed E-state index contributed by atoms with van der Waals surface area (Å²) in [6, 6.07) is 6.51. The average Bonchev–Trinajstić information content (AvgIpc) is 2.67. The highest BCUT2D eigenvalue weighted by Gasteiger charge is 2.39. The van der Waals surface area contributed by atoms with E-state index >= 15 is 0 Å². The minimum absolute atomic E-state index is 0.0611. The molecule has 142 valence electrons. The summed E-state index contributed by atoms with van der Waals surface area (Å²) in [5, 5.41) is 12.3. The highest BCUT2D eigenvalue weighted by molar-refractivity contribution is 5.98. The van der Waals surface area contributed by atoms with Crippen molar-refractivity contribution in [2.45, 2.75) is 46.0 Å². The number of benzene rings is 1. The molecule has 0 radical (unpaired) electrons. The molecule has 2 N–H and O–H groups in total. The molecular formula is C20H28N2O4. The van der Waals surface area contributed by atoms with Gasteiger partial charge in [-0.2, -0.15) is 0 Å². The minimum Gasteiger partial charge on any atom is -0.481 e. The van der Waals surface area contributed by atoms with Gasteiger partial charge in [0.15, 0.2) is 0 Å². The summed E-state index contributed by atoms with van der Waals surface area (Å²) >= 11 is 0. The molecule has 1 aliphatic carbocycles. The molecule has 1 saturated carbocycles. The Hall–Kier alpha value is -2.37. The van der Waals surface area contributed by atoms with Gasteiger partial charge in [0.2, 0.25) is 0 Å². The Morgan fingerprint density at radius 3 is 2.04 bits per heavy atom. The van der Waals surface area contributed by atoms with Gasteiger partial charge in [0.1, 0.15) is 0 Å².